The van der Waals surface area contributed by atoms with Gasteiger partial charge in [0.2, 0.25) is 5.91 Å². The number of alkyl halides is 3. The maximum absolute atomic E-state index is 13.7. The third-order valence-electron chi connectivity index (χ3n) is 7.10. The second kappa shape index (κ2) is 10.2. The standard InChI is InChI=1S/C28H32F4N2O4/c1-17(21-13-19(28(30,31)32)14-23-22(21)15-24(35)33-23)37-16-27(18-5-7-20(29)8-6-18)9-11-34(12-10-27)25(36)38-26(2,3)4/h5-8,13-14,17H,9-12,15-16H2,1-4H3,(H,33,35). The van der Waals surface area contributed by atoms with Gasteiger partial charge in [0.15, 0.2) is 0 Å². The molecule has 38 heavy (non-hydrogen) atoms. The van der Waals surface area contributed by atoms with E-state index in [1.807, 2.05) is 0 Å². The SMILES string of the molecule is CC(OCC1(c2ccc(F)cc2)CCN(C(=O)OC(C)(C)C)CC1)c1cc(C(F)(F)F)cc2c1CC(=O)N2. The minimum absolute atomic E-state index is 0.0234. The molecular weight excluding hydrogens is 504 g/mol. The van der Waals surface area contributed by atoms with E-state index >= 15 is 0 Å². The summed E-state index contributed by atoms with van der Waals surface area (Å²) in [5.41, 5.74) is -0.333. The lowest BCUT2D eigenvalue weighted by Gasteiger charge is -2.42. The Hall–Kier alpha value is -3.14. The molecule has 0 aromatic heterocycles. The number of piperidine rings is 1. The van der Waals surface area contributed by atoms with Gasteiger partial charge < -0.3 is 19.7 Å². The molecule has 1 atom stereocenters. The van der Waals surface area contributed by atoms with Crippen LogP contribution in [0.3, 0.4) is 0 Å². The van der Waals surface area contributed by atoms with E-state index in [2.05, 4.69) is 5.32 Å². The van der Waals surface area contributed by atoms with Crippen molar-refractivity contribution in [2.24, 2.45) is 0 Å². The fourth-order valence-corrected chi connectivity index (χ4v) is 5.02. The molecule has 0 bridgehead atoms. The Bertz CT molecular complexity index is 1200. The molecule has 0 aliphatic carbocycles. The number of amides is 2. The molecule has 0 radical (unpaired) electrons. The molecule has 10 heteroatoms. The number of anilines is 1. The van der Waals surface area contributed by atoms with Crippen molar-refractivity contribution in [2.75, 3.05) is 25.0 Å². The highest BCUT2D eigenvalue weighted by atomic mass is 19.4. The number of ether oxygens (including phenoxy) is 2. The highest BCUT2D eigenvalue weighted by Gasteiger charge is 2.40. The van der Waals surface area contributed by atoms with Gasteiger partial charge in [0.05, 0.1) is 24.7 Å². The molecule has 2 aromatic rings. The van der Waals surface area contributed by atoms with E-state index in [0.29, 0.717) is 37.1 Å². The van der Waals surface area contributed by atoms with Crippen molar-refractivity contribution in [1.82, 2.24) is 4.90 Å². The topological polar surface area (TPSA) is 67.9 Å². The van der Waals surface area contributed by atoms with Crippen molar-refractivity contribution in [1.29, 1.82) is 0 Å². The number of hydrogen-bond donors (Lipinski definition) is 1. The van der Waals surface area contributed by atoms with Crippen LogP contribution in [0.4, 0.5) is 28.0 Å². The van der Waals surface area contributed by atoms with Gasteiger partial charge in [-0.2, -0.15) is 13.2 Å². The molecule has 2 heterocycles. The Morgan fingerprint density at radius 2 is 1.74 bits per heavy atom. The molecule has 2 aromatic carbocycles. The molecule has 6 nitrogen and oxygen atoms in total. The number of nitrogens with one attached hydrogen (secondary N) is 1. The first-order valence-electron chi connectivity index (χ1n) is 12.6. The van der Waals surface area contributed by atoms with Gasteiger partial charge in [-0.25, -0.2) is 9.18 Å². The minimum Gasteiger partial charge on any atom is -0.444 e. The molecule has 1 N–H and O–H groups in total. The fraction of sp³-hybridized carbons (Fsp3) is 0.500. The van der Waals surface area contributed by atoms with Crippen molar-refractivity contribution in [3.05, 3.63) is 64.5 Å². The van der Waals surface area contributed by atoms with Crippen molar-refractivity contribution < 1.29 is 36.6 Å². The van der Waals surface area contributed by atoms with Crippen LogP contribution in [0, 0.1) is 5.82 Å². The minimum atomic E-state index is -4.58. The van der Waals surface area contributed by atoms with Crippen LogP contribution in [0.25, 0.3) is 0 Å². The average molecular weight is 537 g/mol. The lowest BCUT2D eigenvalue weighted by atomic mass is 9.73. The number of carbonyl (C=O) groups is 2. The number of fused-ring (bicyclic) bond motifs is 1. The zero-order valence-corrected chi connectivity index (χ0v) is 21.9. The van der Waals surface area contributed by atoms with Crippen LogP contribution in [0.2, 0.25) is 0 Å². The number of carbonyl (C=O) groups excluding carboxylic acids is 2. The normalized spacial score (nSPS) is 18.1. The Morgan fingerprint density at radius 1 is 1.11 bits per heavy atom. The molecule has 1 fully saturated rings. The molecule has 0 spiro atoms. The molecule has 4 rings (SSSR count). The molecule has 2 aliphatic rings. The summed E-state index contributed by atoms with van der Waals surface area (Å²) in [7, 11) is 0. The van der Waals surface area contributed by atoms with Gasteiger partial charge in [0.25, 0.3) is 0 Å². The van der Waals surface area contributed by atoms with Crippen LogP contribution >= 0.6 is 0 Å². The summed E-state index contributed by atoms with van der Waals surface area (Å²) in [5.74, 6) is -0.758. The number of likely N-dealkylation sites (tertiary alicyclic amines) is 1. The summed E-state index contributed by atoms with van der Waals surface area (Å²) in [5, 5.41) is 2.50. The van der Waals surface area contributed by atoms with Crippen LogP contribution in [0.15, 0.2) is 36.4 Å². The van der Waals surface area contributed by atoms with E-state index in [0.717, 1.165) is 17.7 Å². The van der Waals surface area contributed by atoms with E-state index in [1.54, 1.807) is 44.7 Å². The van der Waals surface area contributed by atoms with E-state index in [9.17, 15) is 27.2 Å². The lowest BCUT2D eigenvalue weighted by molar-refractivity contribution is -0.137. The third-order valence-corrected chi connectivity index (χ3v) is 7.10. The van der Waals surface area contributed by atoms with Crippen LogP contribution in [-0.4, -0.2) is 42.2 Å². The van der Waals surface area contributed by atoms with Crippen molar-refractivity contribution in [2.45, 2.75) is 70.3 Å². The molecule has 2 amide bonds. The summed E-state index contributed by atoms with van der Waals surface area (Å²) >= 11 is 0. The lowest BCUT2D eigenvalue weighted by Crippen LogP contribution is -2.48. The van der Waals surface area contributed by atoms with Crippen LogP contribution in [0.5, 0.6) is 0 Å². The first-order chi connectivity index (χ1) is 17.7. The molecule has 206 valence electrons. The van der Waals surface area contributed by atoms with Crippen LogP contribution in [0.1, 0.15) is 68.9 Å². The van der Waals surface area contributed by atoms with E-state index < -0.39 is 35.0 Å². The Balaban J connectivity index is 1.57. The zero-order valence-electron chi connectivity index (χ0n) is 21.9. The van der Waals surface area contributed by atoms with Gasteiger partial charge in [-0.15, -0.1) is 0 Å². The Kier molecular flexibility index (Phi) is 7.49. The molecule has 1 unspecified atom stereocenters. The van der Waals surface area contributed by atoms with Crippen molar-refractivity contribution >= 4 is 17.7 Å². The predicted octanol–water partition coefficient (Wildman–Crippen LogP) is 6.39. The Labute approximate surface area is 219 Å². The summed E-state index contributed by atoms with van der Waals surface area (Å²) in [4.78, 5) is 26.2. The van der Waals surface area contributed by atoms with Crippen molar-refractivity contribution in [3.63, 3.8) is 0 Å². The summed E-state index contributed by atoms with van der Waals surface area (Å²) in [6.45, 7) is 7.92. The smallest absolute Gasteiger partial charge is 0.416 e. The van der Waals surface area contributed by atoms with Crippen LogP contribution in [-0.2, 0) is 32.3 Å². The van der Waals surface area contributed by atoms with Gasteiger partial charge >= 0.3 is 12.3 Å². The zero-order chi connectivity index (χ0) is 27.9. The van der Waals surface area contributed by atoms with Gasteiger partial charge in [0.1, 0.15) is 11.4 Å². The summed E-state index contributed by atoms with van der Waals surface area (Å²) < 4.78 is 66.1. The van der Waals surface area contributed by atoms with E-state index in [4.69, 9.17) is 9.47 Å². The van der Waals surface area contributed by atoms with Gasteiger partial charge in [-0.1, -0.05) is 12.1 Å². The number of benzene rings is 2. The maximum atomic E-state index is 13.7. The van der Waals surface area contributed by atoms with Crippen molar-refractivity contribution in [3.8, 4) is 0 Å². The van der Waals surface area contributed by atoms with E-state index in [1.165, 1.54) is 12.1 Å². The van der Waals surface area contributed by atoms with E-state index in [-0.39, 0.29) is 30.4 Å². The molecule has 2 aliphatic heterocycles. The second-order valence-corrected chi connectivity index (χ2v) is 11.0. The average Bonchev–Trinajstić information content (AvgIpc) is 3.21. The summed E-state index contributed by atoms with van der Waals surface area (Å²) in [6.07, 6.45) is -4.79. The molecule has 0 saturated carbocycles. The Morgan fingerprint density at radius 3 is 2.32 bits per heavy atom. The number of hydrogen-bond acceptors (Lipinski definition) is 4. The quantitative estimate of drug-likeness (QED) is 0.450. The largest absolute Gasteiger partial charge is 0.444 e. The first-order valence-corrected chi connectivity index (χ1v) is 12.6. The number of rotatable bonds is 5. The van der Waals surface area contributed by atoms with Gasteiger partial charge in [-0.05, 0) is 81.5 Å². The first kappa shape index (κ1) is 27.9. The summed E-state index contributed by atoms with van der Waals surface area (Å²) in [6, 6.07) is 8.06. The number of halogens is 4. The maximum Gasteiger partial charge on any atom is 0.416 e. The van der Waals surface area contributed by atoms with Gasteiger partial charge in [0, 0.05) is 24.2 Å². The predicted molar refractivity (Wildman–Crippen MR) is 133 cm³/mol. The number of nitrogens with zero attached hydrogens (tertiary/aromatic N) is 1. The fourth-order valence-electron chi connectivity index (χ4n) is 5.02. The second-order valence-electron chi connectivity index (χ2n) is 11.0. The monoisotopic (exact) mass is 536 g/mol. The highest BCUT2D eigenvalue weighted by Crippen LogP contribution is 2.41. The molecule has 1 saturated heterocycles. The van der Waals surface area contributed by atoms with Gasteiger partial charge in [-0.3, -0.25) is 4.79 Å². The molecular formula is C28H32F4N2O4. The van der Waals surface area contributed by atoms with Crippen LogP contribution < -0.4 is 5.32 Å². The highest BCUT2D eigenvalue weighted by molar-refractivity contribution is 5.99. The third kappa shape index (κ3) is 6.11.